The van der Waals surface area contributed by atoms with E-state index in [1.807, 2.05) is 6.92 Å². The second kappa shape index (κ2) is 4.78. The molecule has 0 heterocycles. The number of esters is 1. The van der Waals surface area contributed by atoms with Gasteiger partial charge in [-0.2, -0.15) is 0 Å². The molecule has 0 saturated heterocycles. The summed E-state index contributed by atoms with van der Waals surface area (Å²) in [6, 6.07) is 0. The minimum absolute atomic E-state index is 0.260. The molecule has 0 rings (SSSR count). The van der Waals surface area contributed by atoms with Crippen LogP contribution in [0.25, 0.3) is 0 Å². The number of halogens is 1. The summed E-state index contributed by atoms with van der Waals surface area (Å²) in [7, 11) is 0. The van der Waals surface area contributed by atoms with Crippen molar-refractivity contribution >= 4 is 28.6 Å². The summed E-state index contributed by atoms with van der Waals surface area (Å²) in [4.78, 5) is 10.6. The normalized spacial score (nSPS) is 11.2. The van der Waals surface area contributed by atoms with Crippen molar-refractivity contribution in [1.82, 2.24) is 0 Å². The third-order valence-electron chi connectivity index (χ3n) is 0.603. The molecule has 0 amide bonds. The maximum absolute atomic E-state index is 10.6. The third kappa shape index (κ3) is 5.82. The van der Waals surface area contributed by atoms with Crippen LogP contribution in [-0.4, -0.2) is 12.6 Å². The molecule has 9 heavy (non-hydrogen) atoms. The van der Waals surface area contributed by atoms with E-state index >= 15 is 0 Å². The van der Waals surface area contributed by atoms with Gasteiger partial charge in [0.25, 0.3) is 0 Å². The van der Waals surface area contributed by atoms with Gasteiger partial charge in [-0.25, -0.2) is 4.79 Å². The largest absolute Gasteiger partial charge is 0.463 e. The fraction of sp³-hybridized carbons (Fsp3) is 0.500. The second-order valence-electron chi connectivity index (χ2n) is 1.48. The van der Waals surface area contributed by atoms with Gasteiger partial charge >= 0.3 is 5.97 Å². The highest BCUT2D eigenvalue weighted by atomic mass is 127. The van der Waals surface area contributed by atoms with Crippen molar-refractivity contribution in [3.63, 3.8) is 0 Å². The average Bonchev–Trinajstić information content (AvgIpc) is 1.63. The molecular formula is C6H9IO2. The standard InChI is InChI=1S/C6H9IO2/c1-3-9-6(8)4-5(2)7/h4H,3H2,1-2H3. The lowest BCUT2D eigenvalue weighted by Crippen LogP contribution is -1.98. The highest BCUT2D eigenvalue weighted by Gasteiger charge is 1.93. The first-order chi connectivity index (χ1) is 4.16. The minimum atomic E-state index is -0.260. The van der Waals surface area contributed by atoms with E-state index < -0.39 is 0 Å². The Bertz CT molecular complexity index is 125. The van der Waals surface area contributed by atoms with Crippen LogP contribution < -0.4 is 0 Å². The zero-order chi connectivity index (χ0) is 7.28. The maximum atomic E-state index is 10.6. The summed E-state index contributed by atoms with van der Waals surface area (Å²) in [5, 5.41) is 0. The molecule has 0 atom stereocenters. The Balaban J connectivity index is 3.63. The van der Waals surface area contributed by atoms with Crippen LogP contribution in [0.2, 0.25) is 0 Å². The molecule has 0 aliphatic rings. The first kappa shape index (κ1) is 8.94. The highest BCUT2D eigenvalue weighted by molar-refractivity contribution is 14.1. The molecule has 0 radical (unpaired) electrons. The number of rotatable bonds is 2. The van der Waals surface area contributed by atoms with Gasteiger partial charge in [0.2, 0.25) is 0 Å². The summed E-state index contributed by atoms with van der Waals surface area (Å²) >= 11 is 2.06. The van der Waals surface area contributed by atoms with E-state index in [0.29, 0.717) is 6.61 Å². The quantitative estimate of drug-likeness (QED) is 0.418. The minimum Gasteiger partial charge on any atom is -0.463 e. The van der Waals surface area contributed by atoms with Gasteiger partial charge in [-0.05, 0) is 40.0 Å². The van der Waals surface area contributed by atoms with Crippen molar-refractivity contribution in [3.05, 3.63) is 9.66 Å². The van der Waals surface area contributed by atoms with Gasteiger partial charge in [0, 0.05) is 6.08 Å². The summed E-state index contributed by atoms with van der Waals surface area (Å²) in [5.41, 5.74) is 0. The fourth-order valence-corrected chi connectivity index (χ4v) is 0.601. The zero-order valence-corrected chi connectivity index (χ0v) is 7.64. The Labute approximate surface area is 68.4 Å². The Kier molecular flexibility index (Phi) is 4.75. The number of carbonyl (C=O) groups is 1. The topological polar surface area (TPSA) is 26.3 Å². The summed E-state index contributed by atoms with van der Waals surface area (Å²) in [6.07, 6.45) is 1.46. The lowest BCUT2D eigenvalue weighted by molar-refractivity contribution is -0.137. The van der Waals surface area contributed by atoms with E-state index in [9.17, 15) is 4.79 Å². The van der Waals surface area contributed by atoms with Crippen LogP contribution >= 0.6 is 22.6 Å². The van der Waals surface area contributed by atoms with E-state index in [-0.39, 0.29) is 5.97 Å². The van der Waals surface area contributed by atoms with Crippen molar-refractivity contribution in [1.29, 1.82) is 0 Å². The highest BCUT2D eigenvalue weighted by Crippen LogP contribution is 2.02. The van der Waals surface area contributed by atoms with Crippen LogP contribution in [0.4, 0.5) is 0 Å². The number of hydrogen-bond acceptors (Lipinski definition) is 2. The molecular weight excluding hydrogens is 231 g/mol. The van der Waals surface area contributed by atoms with E-state index in [0.717, 1.165) is 3.58 Å². The number of carbonyl (C=O) groups excluding carboxylic acids is 1. The van der Waals surface area contributed by atoms with Gasteiger partial charge < -0.3 is 4.74 Å². The predicted octanol–water partition coefficient (Wildman–Crippen LogP) is 1.89. The molecule has 0 fully saturated rings. The molecule has 2 nitrogen and oxygen atoms in total. The SMILES string of the molecule is CCOC(=O)C=C(C)I. The molecule has 0 aromatic heterocycles. The van der Waals surface area contributed by atoms with Gasteiger partial charge in [0.15, 0.2) is 0 Å². The van der Waals surface area contributed by atoms with Gasteiger partial charge in [0.05, 0.1) is 6.61 Å². The van der Waals surface area contributed by atoms with Gasteiger partial charge in [0.1, 0.15) is 0 Å². The zero-order valence-electron chi connectivity index (χ0n) is 5.48. The van der Waals surface area contributed by atoms with Crippen molar-refractivity contribution in [2.45, 2.75) is 13.8 Å². The lowest BCUT2D eigenvalue weighted by Gasteiger charge is -1.93. The molecule has 0 bridgehead atoms. The lowest BCUT2D eigenvalue weighted by atomic mass is 10.5. The maximum Gasteiger partial charge on any atom is 0.331 e. The van der Waals surface area contributed by atoms with E-state index in [2.05, 4.69) is 27.3 Å². The van der Waals surface area contributed by atoms with Crippen molar-refractivity contribution in [3.8, 4) is 0 Å². The predicted molar refractivity (Wildman–Crippen MR) is 44.4 cm³/mol. The Morgan fingerprint density at radius 1 is 1.78 bits per heavy atom. The van der Waals surface area contributed by atoms with Gasteiger partial charge in [-0.3, -0.25) is 0 Å². The molecule has 0 aromatic carbocycles. The smallest absolute Gasteiger partial charge is 0.331 e. The van der Waals surface area contributed by atoms with Crippen molar-refractivity contribution in [2.24, 2.45) is 0 Å². The van der Waals surface area contributed by atoms with Gasteiger partial charge in [-0.1, -0.05) is 0 Å². The first-order valence-electron chi connectivity index (χ1n) is 2.67. The average molecular weight is 240 g/mol. The molecule has 0 aromatic rings. The van der Waals surface area contributed by atoms with Crippen LogP contribution in [0.3, 0.4) is 0 Å². The number of hydrogen-bond donors (Lipinski definition) is 0. The second-order valence-corrected chi connectivity index (χ2v) is 3.18. The molecule has 0 unspecified atom stereocenters. The number of ether oxygens (including phenoxy) is 1. The Morgan fingerprint density at radius 2 is 2.33 bits per heavy atom. The van der Waals surface area contributed by atoms with Crippen LogP contribution in [0.15, 0.2) is 9.66 Å². The van der Waals surface area contributed by atoms with Crippen LogP contribution in [0, 0.1) is 0 Å². The third-order valence-corrected chi connectivity index (χ3v) is 0.915. The molecule has 52 valence electrons. The molecule has 0 saturated carbocycles. The van der Waals surface area contributed by atoms with E-state index in [4.69, 9.17) is 0 Å². The van der Waals surface area contributed by atoms with Gasteiger partial charge in [-0.15, -0.1) is 0 Å². The summed E-state index contributed by atoms with van der Waals surface area (Å²) in [6.45, 7) is 4.07. The Morgan fingerprint density at radius 3 is 2.67 bits per heavy atom. The monoisotopic (exact) mass is 240 g/mol. The van der Waals surface area contributed by atoms with E-state index in [1.54, 1.807) is 6.92 Å². The fourth-order valence-electron chi connectivity index (χ4n) is 0.346. The molecule has 3 heteroatoms. The molecule has 0 spiro atoms. The van der Waals surface area contributed by atoms with Crippen LogP contribution in [0.1, 0.15) is 13.8 Å². The number of allylic oxidation sites excluding steroid dienone is 1. The molecule has 0 aliphatic heterocycles. The first-order valence-corrected chi connectivity index (χ1v) is 3.75. The van der Waals surface area contributed by atoms with Crippen molar-refractivity contribution < 1.29 is 9.53 Å². The Hall–Kier alpha value is -0.0600. The van der Waals surface area contributed by atoms with Crippen LogP contribution in [0.5, 0.6) is 0 Å². The van der Waals surface area contributed by atoms with E-state index in [1.165, 1.54) is 6.08 Å². The summed E-state index contributed by atoms with van der Waals surface area (Å²) in [5.74, 6) is -0.260. The van der Waals surface area contributed by atoms with Crippen LogP contribution in [-0.2, 0) is 9.53 Å². The molecule has 0 N–H and O–H groups in total. The molecule has 0 aliphatic carbocycles. The van der Waals surface area contributed by atoms with Crippen molar-refractivity contribution in [2.75, 3.05) is 6.61 Å². The summed E-state index contributed by atoms with van der Waals surface area (Å²) < 4.78 is 5.57.